The number of anilines is 1. The fraction of sp³-hybridized carbons (Fsp3) is 0.235. The Bertz CT molecular complexity index is 635. The Labute approximate surface area is 128 Å². The minimum atomic E-state index is -0.0723. The number of benzene rings is 2. The summed E-state index contributed by atoms with van der Waals surface area (Å²) in [5.74, 6) is 0.298. The van der Waals surface area contributed by atoms with Gasteiger partial charge in [-0.15, -0.1) is 0 Å². The van der Waals surface area contributed by atoms with E-state index in [1.165, 1.54) is 0 Å². The van der Waals surface area contributed by atoms with Gasteiger partial charge < -0.3 is 5.32 Å². The van der Waals surface area contributed by atoms with Crippen LogP contribution in [0.4, 0.5) is 5.69 Å². The van der Waals surface area contributed by atoms with Gasteiger partial charge in [0.25, 0.3) is 5.91 Å². The molecule has 0 saturated carbocycles. The fourth-order valence-electron chi connectivity index (χ4n) is 2.16. The Morgan fingerprint density at radius 2 is 1.80 bits per heavy atom. The Hall–Kier alpha value is -1.61. The predicted octanol–water partition coefficient (Wildman–Crippen LogP) is 5.13. The maximum Gasteiger partial charge on any atom is 0.255 e. The highest BCUT2D eigenvalue weighted by Crippen LogP contribution is 2.25. The molecule has 0 aliphatic rings. The Morgan fingerprint density at radius 1 is 1.10 bits per heavy atom. The molecule has 0 atom stereocenters. The van der Waals surface area contributed by atoms with Crippen LogP contribution < -0.4 is 5.32 Å². The van der Waals surface area contributed by atoms with Crippen LogP contribution >= 0.6 is 15.9 Å². The number of rotatable bonds is 3. The second-order valence-electron chi connectivity index (χ2n) is 5.11. The Morgan fingerprint density at radius 3 is 2.50 bits per heavy atom. The molecule has 0 heterocycles. The molecule has 2 nitrogen and oxygen atoms in total. The molecular weight excluding hydrogens is 314 g/mol. The topological polar surface area (TPSA) is 29.1 Å². The van der Waals surface area contributed by atoms with Crippen molar-refractivity contribution in [1.29, 1.82) is 0 Å². The lowest BCUT2D eigenvalue weighted by Gasteiger charge is -2.14. The molecule has 0 bridgehead atoms. The molecule has 2 aromatic rings. The fourth-order valence-corrected chi connectivity index (χ4v) is 2.52. The van der Waals surface area contributed by atoms with Gasteiger partial charge in [-0.25, -0.2) is 0 Å². The summed E-state index contributed by atoms with van der Waals surface area (Å²) < 4.78 is 0.947. The van der Waals surface area contributed by atoms with Crippen molar-refractivity contribution in [2.45, 2.75) is 26.7 Å². The summed E-state index contributed by atoms with van der Waals surface area (Å²) in [6.45, 7) is 6.18. The number of nitrogens with one attached hydrogen (secondary N) is 1. The van der Waals surface area contributed by atoms with E-state index in [1.54, 1.807) is 0 Å². The maximum absolute atomic E-state index is 12.4. The van der Waals surface area contributed by atoms with Gasteiger partial charge >= 0.3 is 0 Å². The second kappa shape index (κ2) is 6.23. The second-order valence-corrected chi connectivity index (χ2v) is 5.96. The molecule has 3 heteroatoms. The third kappa shape index (κ3) is 3.10. The summed E-state index contributed by atoms with van der Waals surface area (Å²) >= 11 is 3.46. The number of halogens is 1. The number of para-hydroxylation sites is 1. The summed E-state index contributed by atoms with van der Waals surface area (Å²) in [6.07, 6.45) is 0. The Balaban J connectivity index is 2.31. The van der Waals surface area contributed by atoms with E-state index in [9.17, 15) is 4.79 Å². The van der Waals surface area contributed by atoms with Crippen LogP contribution in [0.3, 0.4) is 0 Å². The maximum atomic E-state index is 12.4. The highest BCUT2D eigenvalue weighted by atomic mass is 79.9. The average molecular weight is 332 g/mol. The molecule has 0 fully saturated rings. The van der Waals surface area contributed by atoms with Crippen molar-refractivity contribution in [2.75, 3.05) is 5.32 Å². The number of carbonyl (C=O) groups excluding carboxylic acids is 1. The van der Waals surface area contributed by atoms with E-state index < -0.39 is 0 Å². The zero-order valence-electron chi connectivity index (χ0n) is 11.9. The van der Waals surface area contributed by atoms with E-state index >= 15 is 0 Å². The van der Waals surface area contributed by atoms with Gasteiger partial charge in [-0.3, -0.25) is 4.79 Å². The third-order valence-electron chi connectivity index (χ3n) is 3.34. The first kappa shape index (κ1) is 14.8. The van der Waals surface area contributed by atoms with Crippen molar-refractivity contribution in [1.82, 2.24) is 0 Å². The summed E-state index contributed by atoms with van der Waals surface area (Å²) in [5.41, 5.74) is 3.67. The van der Waals surface area contributed by atoms with Gasteiger partial charge in [0.05, 0.1) is 0 Å². The summed E-state index contributed by atoms with van der Waals surface area (Å²) in [6, 6.07) is 13.6. The number of hydrogen-bond donors (Lipinski definition) is 1. The molecule has 20 heavy (non-hydrogen) atoms. The lowest BCUT2D eigenvalue weighted by molar-refractivity contribution is 0.102. The molecule has 2 rings (SSSR count). The Kier molecular flexibility index (Phi) is 4.61. The minimum absolute atomic E-state index is 0.0723. The van der Waals surface area contributed by atoms with E-state index in [-0.39, 0.29) is 5.91 Å². The normalized spacial score (nSPS) is 10.7. The van der Waals surface area contributed by atoms with Crippen molar-refractivity contribution >= 4 is 27.5 Å². The van der Waals surface area contributed by atoms with Crippen molar-refractivity contribution in [3.8, 4) is 0 Å². The number of amides is 1. The van der Waals surface area contributed by atoms with Gasteiger partial charge in [0.1, 0.15) is 0 Å². The van der Waals surface area contributed by atoms with Crippen LogP contribution in [0.2, 0.25) is 0 Å². The first-order chi connectivity index (χ1) is 9.50. The van der Waals surface area contributed by atoms with Gasteiger partial charge in [0, 0.05) is 15.7 Å². The molecule has 104 valence electrons. The highest BCUT2D eigenvalue weighted by Gasteiger charge is 2.13. The van der Waals surface area contributed by atoms with E-state index in [2.05, 4.69) is 35.1 Å². The van der Waals surface area contributed by atoms with Gasteiger partial charge in [0.15, 0.2) is 0 Å². The van der Waals surface area contributed by atoms with Crippen LogP contribution in [0.15, 0.2) is 46.9 Å². The van der Waals surface area contributed by atoms with Crippen molar-refractivity contribution < 1.29 is 4.79 Å². The first-order valence-electron chi connectivity index (χ1n) is 6.66. The predicted molar refractivity (Wildman–Crippen MR) is 87.4 cm³/mol. The zero-order valence-corrected chi connectivity index (χ0v) is 13.5. The van der Waals surface area contributed by atoms with E-state index in [1.807, 2.05) is 49.4 Å². The quantitative estimate of drug-likeness (QED) is 0.829. The average Bonchev–Trinajstić information content (AvgIpc) is 2.42. The largest absolute Gasteiger partial charge is 0.322 e. The smallest absolute Gasteiger partial charge is 0.255 e. The standard InChI is InChI=1S/C17H18BrNO/c1-11(2)13-7-4-5-10-16(13)19-17(20)14-8-6-9-15(18)12(14)3/h4-11H,1-3H3,(H,19,20). The summed E-state index contributed by atoms with van der Waals surface area (Å²) in [7, 11) is 0. The first-order valence-corrected chi connectivity index (χ1v) is 7.45. The molecule has 2 aromatic carbocycles. The number of hydrogen-bond acceptors (Lipinski definition) is 1. The SMILES string of the molecule is Cc1c(Br)cccc1C(=O)Nc1ccccc1C(C)C. The molecule has 1 N–H and O–H groups in total. The van der Waals surface area contributed by atoms with Crippen molar-refractivity contribution in [3.05, 3.63) is 63.6 Å². The molecule has 0 spiro atoms. The van der Waals surface area contributed by atoms with Crippen LogP contribution in [0.5, 0.6) is 0 Å². The molecule has 0 unspecified atom stereocenters. The van der Waals surface area contributed by atoms with Gasteiger partial charge in [0.2, 0.25) is 0 Å². The minimum Gasteiger partial charge on any atom is -0.322 e. The van der Waals surface area contributed by atoms with E-state index in [4.69, 9.17) is 0 Å². The van der Waals surface area contributed by atoms with Crippen molar-refractivity contribution in [2.24, 2.45) is 0 Å². The summed E-state index contributed by atoms with van der Waals surface area (Å²) in [4.78, 5) is 12.4. The third-order valence-corrected chi connectivity index (χ3v) is 4.20. The van der Waals surface area contributed by atoms with Crippen LogP contribution in [-0.4, -0.2) is 5.91 Å². The summed E-state index contributed by atoms with van der Waals surface area (Å²) in [5, 5.41) is 3.02. The highest BCUT2D eigenvalue weighted by molar-refractivity contribution is 9.10. The lowest BCUT2D eigenvalue weighted by Crippen LogP contribution is -2.15. The molecule has 0 aliphatic carbocycles. The zero-order chi connectivity index (χ0) is 14.7. The van der Waals surface area contributed by atoms with Crippen LogP contribution in [0.1, 0.15) is 41.3 Å². The van der Waals surface area contributed by atoms with E-state index in [0.717, 1.165) is 21.3 Å². The monoisotopic (exact) mass is 331 g/mol. The van der Waals surface area contributed by atoms with E-state index in [0.29, 0.717) is 11.5 Å². The van der Waals surface area contributed by atoms with Crippen LogP contribution in [0, 0.1) is 6.92 Å². The number of carbonyl (C=O) groups is 1. The van der Waals surface area contributed by atoms with Crippen molar-refractivity contribution in [3.63, 3.8) is 0 Å². The molecular formula is C17H18BrNO. The van der Waals surface area contributed by atoms with Gasteiger partial charge in [-0.1, -0.05) is 54.0 Å². The molecule has 0 aliphatic heterocycles. The molecule has 0 saturated heterocycles. The van der Waals surface area contributed by atoms with Crippen LogP contribution in [0.25, 0.3) is 0 Å². The molecule has 0 radical (unpaired) electrons. The van der Waals surface area contributed by atoms with Crippen LogP contribution in [-0.2, 0) is 0 Å². The molecule has 0 aromatic heterocycles. The molecule has 1 amide bonds. The lowest BCUT2D eigenvalue weighted by atomic mass is 10.0. The van der Waals surface area contributed by atoms with Gasteiger partial charge in [-0.2, -0.15) is 0 Å². The van der Waals surface area contributed by atoms with Gasteiger partial charge in [-0.05, 0) is 42.2 Å².